The second-order valence-electron chi connectivity index (χ2n) is 7.52. The van der Waals surface area contributed by atoms with Gasteiger partial charge in [-0.15, -0.1) is 0 Å². The van der Waals surface area contributed by atoms with Gasteiger partial charge in [0.25, 0.3) is 0 Å². The highest BCUT2D eigenvalue weighted by atomic mass is 32.2. The van der Waals surface area contributed by atoms with E-state index in [0.717, 1.165) is 42.9 Å². The van der Waals surface area contributed by atoms with Crippen LogP contribution in [0.2, 0.25) is 0 Å². The van der Waals surface area contributed by atoms with Crippen LogP contribution in [0.3, 0.4) is 0 Å². The van der Waals surface area contributed by atoms with Crippen molar-refractivity contribution in [2.75, 3.05) is 26.4 Å². The first-order valence-corrected chi connectivity index (χ1v) is 11.5. The molecule has 1 aliphatic rings. The molecule has 2 unspecified atom stereocenters. The Kier molecular flexibility index (Phi) is 7.94. The van der Waals surface area contributed by atoms with Crippen molar-refractivity contribution >= 4 is 15.8 Å². The molecule has 1 aromatic carbocycles. The largest absolute Gasteiger partial charge is 0.356 e. The smallest absolute Gasteiger partial charge is 0.190 e. The Balaban J connectivity index is 1.68. The molecule has 146 valence electrons. The van der Waals surface area contributed by atoms with E-state index in [0.29, 0.717) is 4.90 Å². The molecule has 0 aliphatic heterocycles. The summed E-state index contributed by atoms with van der Waals surface area (Å²) in [4.78, 5) is 4.64. The Bertz CT molecular complexity index is 684. The minimum Gasteiger partial charge on any atom is -0.356 e. The number of nitrogens with zero attached hydrogens (tertiary/aromatic N) is 1. The second-order valence-corrected chi connectivity index (χ2v) is 9.53. The van der Waals surface area contributed by atoms with E-state index in [1.807, 2.05) is 12.1 Å². The lowest BCUT2D eigenvalue weighted by Crippen LogP contribution is -2.39. The summed E-state index contributed by atoms with van der Waals surface area (Å²) in [6.07, 6.45) is 8.74. The lowest BCUT2D eigenvalue weighted by Gasteiger charge is -2.26. The van der Waals surface area contributed by atoms with Crippen molar-refractivity contribution in [3.05, 3.63) is 29.8 Å². The predicted molar refractivity (Wildman–Crippen MR) is 108 cm³/mol. The molecule has 6 heteroatoms. The highest BCUT2D eigenvalue weighted by Gasteiger charge is 2.18. The number of benzene rings is 1. The Morgan fingerprint density at radius 2 is 1.85 bits per heavy atom. The Morgan fingerprint density at radius 1 is 1.15 bits per heavy atom. The van der Waals surface area contributed by atoms with E-state index in [2.05, 4.69) is 22.5 Å². The van der Waals surface area contributed by atoms with Gasteiger partial charge in [-0.3, -0.25) is 4.99 Å². The maximum absolute atomic E-state index is 11.5. The van der Waals surface area contributed by atoms with Gasteiger partial charge in [0.2, 0.25) is 0 Å². The van der Waals surface area contributed by atoms with E-state index < -0.39 is 9.84 Å². The molecule has 0 amide bonds. The molecule has 2 N–H and O–H groups in total. The summed E-state index contributed by atoms with van der Waals surface area (Å²) in [5, 5.41) is 6.74. The molecule has 0 aromatic heterocycles. The molecule has 0 heterocycles. The van der Waals surface area contributed by atoms with Gasteiger partial charge >= 0.3 is 0 Å². The molecule has 1 fully saturated rings. The zero-order chi connectivity index (χ0) is 19.0. The molecule has 0 spiro atoms. The standard InChI is InChI=1S/C20H33N3O2S/c1-16-5-4-6-18(15-16)12-14-23-20(21-2)22-13-11-17-7-9-19(10-8-17)26(3,24)25/h7-10,16,18H,4-6,11-15H2,1-3H3,(H2,21,22,23). The van der Waals surface area contributed by atoms with Crippen molar-refractivity contribution in [2.24, 2.45) is 16.8 Å². The third-order valence-electron chi connectivity index (χ3n) is 5.17. The van der Waals surface area contributed by atoms with E-state index in [1.165, 1.54) is 38.4 Å². The number of hydrogen-bond acceptors (Lipinski definition) is 3. The van der Waals surface area contributed by atoms with E-state index in [1.54, 1.807) is 19.2 Å². The van der Waals surface area contributed by atoms with Gasteiger partial charge in [0, 0.05) is 26.4 Å². The van der Waals surface area contributed by atoms with Gasteiger partial charge < -0.3 is 10.6 Å². The molecular formula is C20H33N3O2S. The first-order valence-electron chi connectivity index (χ1n) is 9.62. The van der Waals surface area contributed by atoms with Gasteiger partial charge in [-0.25, -0.2) is 8.42 Å². The van der Waals surface area contributed by atoms with Crippen molar-refractivity contribution in [3.63, 3.8) is 0 Å². The van der Waals surface area contributed by atoms with Gasteiger partial charge in [-0.2, -0.15) is 0 Å². The van der Waals surface area contributed by atoms with Crippen molar-refractivity contribution < 1.29 is 8.42 Å². The zero-order valence-electron chi connectivity index (χ0n) is 16.3. The molecule has 0 saturated heterocycles. The average molecular weight is 380 g/mol. The fraction of sp³-hybridized carbons (Fsp3) is 0.650. The quantitative estimate of drug-likeness (QED) is 0.564. The van der Waals surface area contributed by atoms with E-state index in [9.17, 15) is 8.42 Å². The summed E-state index contributed by atoms with van der Waals surface area (Å²) in [7, 11) is -1.33. The number of guanidine groups is 1. The van der Waals surface area contributed by atoms with Crippen LogP contribution in [0.4, 0.5) is 0 Å². The molecule has 1 saturated carbocycles. The van der Waals surface area contributed by atoms with Crippen LogP contribution in [0, 0.1) is 11.8 Å². The van der Waals surface area contributed by atoms with E-state index in [-0.39, 0.29) is 0 Å². The SMILES string of the molecule is CN=C(NCCc1ccc(S(C)(=O)=O)cc1)NCCC1CCCC(C)C1. The number of hydrogen-bond donors (Lipinski definition) is 2. The molecule has 5 nitrogen and oxygen atoms in total. The normalized spacial score (nSPS) is 21.4. The van der Waals surface area contributed by atoms with Gasteiger partial charge in [0.1, 0.15) is 0 Å². The number of nitrogens with one attached hydrogen (secondary N) is 2. The maximum atomic E-state index is 11.5. The van der Waals surface area contributed by atoms with Crippen LogP contribution in [0.25, 0.3) is 0 Å². The van der Waals surface area contributed by atoms with Crippen LogP contribution in [0.5, 0.6) is 0 Å². The minimum atomic E-state index is -3.13. The molecule has 1 aliphatic carbocycles. The summed E-state index contributed by atoms with van der Waals surface area (Å²) in [5.41, 5.74) is 1.11. The molecule has 26 heavy (non-hydrogen) atoms. The fourth-order valence-electron chi connectivity index (χ4n) is 3.67. The summed E-state index contributed by atoms with van der Waals surface area (Å²) in [5.74, 6) is 2.56. The fourth-order valence-corrected chi connectivity index (χ4v) is 4.30. The van der Waals surface area contributed by atoms with Crippen LogP contribution in [-0.4, -0.2) is 40.8 Å². The number of rotatable bonds is 7. The second kappa shape index (κ2) is 9.95. The van der Waals surface area contributed by atoms with Crippen molar-refractivity contribution in [1.82, 2.24) is 10.6 Å². The van der Waals surface area contributed by atoms with Crippen LogP contribution in [-0.2, 0) is 16.3 Å². The first-order chi connectivity index (χ1) is 12.4. The van der Waals surface area contributed by atoms with Crippen molar-refractivity contribution in [1.29, 1.82) is 0 Å². The van der Waals surface area contributed by atoms with Gasteiger partial charge in [0.15, 0.2) is 15.8 Å². The minimum absolute atomic E-state index is 0.365. The Morgan fingerprint density at radius 3 is 2.46 bits per heavy atom. The van der Waals surface area contributed by atoms with Gasteiger partial charge in [-0.1, -0.05) is 38.3 Å². The molecule has 2 atom stereocenters. The van der Waals surface area contributed by atoms with E-state index >= 15 is 0 Å². The zero-order valence-corrected chi connectivity index (χ0v) is 17.1. The molecule has 1 aromatic rings. The third kappa shape index (κ3) is 6.98. The third-order valence-corrected chi connectivity index (χ3v) is 6.30. The van der Waals surface area contributed by atoms with Crippen LogP contribution in [0.1, 0.15) is 44.6 Å². The van der Waals surface area contributed by atoms with Crippen LogP contribution >= 0.6 is 0 Å². The monoisotopic (exact) mass is 379 g/mol. The highest BCUT2D eigenvalue weighted by molar-refractivity contribution is 7.90. The maximum Gasteiger partial charge on any atom is 0.190 e. The predicted octanol–water partition coefficient (Wildman–Crippen LogP) is 3.01. The van der Waals surface area contributed by atoms with Crippen molar-refractivity contribution in [2.45, 2.75) is 50.3 Å². The summed E-state index contributed by atoms with van der Waals surface area (Å²) in [6, 6.07) is 7.09. The summed E-state index contributed by atoms with van der Waals surface area (Å²) in [6.45, 7) is 4.08. The summed E-state index contributed by atoms with van der Waals surface area (Å²) >= 11 is 0. The number of sulfone groups is 1. The first kappa shape index (κ1) is 20.7. The molecule has 2 rings (SSSR count). The van der Waals surface area contributed by atoms with Crippen molar-refractivity contribution in [3.8, 4) is 0 Å². The van der Waals surface area contributed by atoms with Crippen LogP contribution < -0.4 is 10.6 Å². The Hall–Kier alpha value is -1.56. The molecular weight excluding hydrogens is 346 g/mol. The lowest BCUT2D eigenvalue weighted by atomic mass is 9.81. The highest BCUT2D eigenvalue weighted by Crippen LogP contribution is 2.30. The lowest BCUT2D eigenvalue weighted by molar-refractivity contribution is 0.270. The average Bonchev–Trinajstić information content (AvgIpc) is 2.60. The van der Waals surface area contributed by atoms with Gasteiger partial charge in [-0.05, 0) is 48.8 Å². The van der Waals surface area contributed by atoms with Crippen LogP contribution in [0.15, 0.2) is 34.2 Å². The summed E-state index contributed by atoms with van der Waals surface area (Å²) < 4.78 is 23.0. The van der Waals surface area contributed by atoms with E-state index in [4.69, 9.17) is 0 Å². The number of aliphatic imine (C=N–C) groups is 1. The molecule has 0 radical (unpaired) electrons. The Labute approximate surface area is 158 Å². The molecule has 0 bridgehead atoms. The van der Waals surface area contributed by atoms with Gasteiger partial charge in [0.05, 0.1) is 4.90 Å². The topological polar surface area (TPSA) is 70.6 Å².